The molecule has 112 valence electrons. The van der Waals surface area contributed by atoms with Crippen LogP contribution in [0.1, 0.15) is 18.5 Å². The van der Waals surface area contributed by atoms with Crippen LogP contribution >= 0.6 is 23.2 Å². The predicted octanol–water partition coefficient (Wildman–Crippen LogP) is 2.22. The van der Waals surface area contributed by atoms with Crippen molar-refractivity contribution in [1.29, 1.82) is 0 Å². The van der Waals surface area contributed by atoms with Crippen molar-refractivity contribution < 1.29 is 13.3 Å². The molecule has 2 atom stereocenters. The van der Waals surface area contributed by atoms with Crippen molar-refractivity contribution in [3.05, 3.63) is 33.8 Å². The summed E-state index contributed by atoms with van der Waals surface area (Å²) < 4.78 is 27.0. The van der Waals surface area contributed by atoms with Crippen LogP contribution in [-0.4, -0.2) is 38.9 Å². The van der Waals surface area contributed by atoms with Crippen LogP contribution in [0.3, 0.4) is 0 Å². The van der Waals surface area contributed by atoms with Gasteiger partial charge in [-0.05, 0) is 11.6 Å². The molecule has 0 aromatic heterocycles. The molecule has 8 heteroatoms. The summed E-state index contributed by atoms with van der Waals surface area (Å²) in [7, 11) is -1.80. The smallest absolute Gasteiger partial charge is 0.218 e. The van der Waals surface area contributed by atoms with Gasteiger partial charge in [0.1, 0.15) is 5.25 Å². The molecule has 20 heavy (non-hydrogen) atoms. The van der Waals surface area contributed by atoms with Gasteiger partial charge in [-0.25, -0.2) is 13.1 Å². The fraction of sp³-hybridized carbons (Fsp3) is 0.500. The highest BCUT2D eigenvalue weighted by Gasteiger charge is 2.43. The summed E-state index contributed by atoms with van der Waals surface area (Å²) in [5, 5.41) is 1.53. The van der Waals surface area contributed by atoms with Gasteiger partial charge in [-0.1, -0.05) is 42.3 Å². The van der Waals surface area contributed by atoms with Gasteiger partial charge in [0.2, 0.25) is 10.0 Å². The highest BCUT2D eigenvalue weighted by molar-refractivity contribution is 7.90. The van der Waals surface area contributed by atoms with Gasteiger partial charge in [0.15, 0.2) is 0 Å². The van der Waals surface area contributed by atoms with E-state index in [0.717, 1.165) is 0 Å². The average Bonchev–Trinajstić information content (AvgIpc) is 2.75. The lowest BCUT2D eigenvalue weighted by atomic mass is 10.0. The van der Waals surface area contributed by atoms with Crippen molar-refractivity contribution in [1.82, 2.24) is 9.79 Å². The lowest BCUT2D eigenvalue weighted by molar-refractivity contribution is -0.110. The van der Waals surface area contributed by atoms with Crippen molar-refractivity contribution in [2.75, 3.05) is 20.2 Å². The first-order chi connectivity index (χ1) is 9.38. The Balaban J connectivity index is 2.44. The second-order valence-electron chi connectivity index (χ2n) is 4.51. The molecule has 2 rings (SSSR count). The van der Waals surface area contributed by atoms with Crippen LogP contribution < -0.4 is 4.72 Å². The lowest BCUT2D eigenvalue weighted by Crippen LogP contribution is -2.39. The first kappa shape index (κ1) is 16.0. The Labute approximate surface area is 128 Å². The molecule has 1 N–H and O–H groups in total. The number of nitrogens with one attached hydrogen (secondary N) is 1. The van der Waals surface area contributed by atoms with E-state index in [2.05, 4.69) is 4.72 Å². The molecule has 2 unspecified atom stereocenters. The minimum absolute atomic E-state index is 0.0827. The molecule has 1 saturated heterocycles. The first-order valence-corrected chi connectivity index (χ1v) is 8.46. The molecule has 0 amide bonds. The highest BCUT2D eigenvalue weighted by atomic mass is 35.5. The lowest BCUT2D eigenvalue weighted by Gasteiger charge is -2.24. The number of hydrogen-bond donors (Lipinski definition) is 1. The Bertz CT molecular complexity index is 594. The first-order valence-electron chi connectivity index (χ1n) is 6.16. The number of halogens is 2. The van der Waals surface area contributed by atoms with Crippen LogP contribution in [0.25, 0.3) is 0 Å². The maximum atomic E-state index is 12.3. The summed E-state index contributed by atoms with van der Waals surface area (Å²) in [4.78, 5) is 5.37. The maximum absolute atomic E-state index is 12.3. The minimum Gasteiger partial charge on any atom is -0.297 e. The third-order valence-electron chi connectivity index (χ3n) is 3.23. The molecule has 1 aromatic carbocycles. The fourth-order valence-corrected chi connectivity index (χ4v) is 4.24. The van der Waals surface area contributed by atoms with Crippen molar-refractivity contribution in [3.8, 4) is 0 Å². The summed E-state index contributed by atoms with van der Waals surface area (Å²) >= 11 is 12.2. The van der Waals surface area contributed by atoms with Crippen LogP contribution in [0.5, 0.6) is 0 Å². The van der Waals surface area contributed by atoms with E-state index in [4.69, 9.17) is 28.0 Å². The van der Waals surface area contributed by atoms with E-state index >= 15 is 0 Å². The number of nitrogens with zero attached hydrogens (tertiary/aromatic N) is 1. The molecule has 0 radical (unpaired) electrons. The van der Waals surface area contributed by atoms with Gasteiger partial charge in [-0.2, -0.15) is 5.06 Å². The average molecular weight is 339 g/mol. The number of hydrogen-bond acceptors (Lipinski definition) is 4. The van der Waals surface area contributed by atoms with Crippen molar-refractivity contribution in [2.24, 2.45) is 0 Å². The van der Waals surface area contributed by atoms with Crippen LogP contribution in [0.2, 0.25) is 10.0 Å². The molecule has 0 spiro atoms. The van der Waals surface area contributed by atoms with E-state index in [9.17, 15) is 8.42 Å². The molecule has 0 bridgehead atoms. The summed E-state index contributed by atoms with van der Waals surface area (Å²) in [6.07, 6.45) is 0. The van der Waals surface area contributed by atoms with Crippen molar-refractivity contribution >= 4 is 33.2 Å². The van der Waals surface area contributed by atoms with E-state index in [-0.39, 0.29) is 6.61 Å². The van der Waals surface area contributed by atoms with Crippen LogP contribution in [0, 0.1) is 0 Å². The molecule has 0 saturated carbocycles. The predicted molar refractivity (Wildman–Crippen MR) is 79.3 cm³/mol. The van der Waals surface area contributed by atoms with Gasteiger partial charge >= 0.3 is 0 Å². The zero-order valence-electron chi connectivity index (χ0n) is 11.1. The zero-order valence-corrected chi connectivity index (χ0v) is 13.5. The summed E-state index contributed by atoms with van der Waals surface area (Å²) in [5.41, 5.74) is 0.644. The third-order valence-corrected chi connectivity index (χ3v) is 5.95. The molecular formula is C12H16Cl2N2O3S. The zero-order chi connectivity index (χ0) is 14.9. The Kier molecular flexibility index (Phi) is 4.94. The van der Waals surface area contributed by atoms with Crippen LogP contribution in [0.4, 0.5) is 0 Å². The Morgan fingerprint density at radius 1 is 1.45 bits per heavy atom. The van der Waals surface area contributed by atoms with Gasteiger partial charge < -0.3 is 0 Å². The summed E-state index contributed by atoms with van der Waals surface area (Å²) in [6, 6.07) is 4.67. The van der Waals surface area contributed by atoms with Gasteiger partial charge in [-0.3, -0.25) is 4.84 Å². The fourth-order valence-electron chi connectivity index (χ4n) is 2.31. The SMILES string of the molecule is CCNS(=O)(=O)C1CON(C)C1c1cccc(Cl)c1Cl. The number of sulfonamides is 1. The Hall–Kier alpha value is -0.370. The number of benzene rings is 1. The molecule has 1 aromatic rings. The maximum Gasteiger partial charge on any atom is 0.218 e. The van der Waals surface area contributed by atoms with Crippen LogP contribution in [-0.2, 0) is 14.9 Å². The second kappa shape index (κ2) is 6.17. The van der Waals surface area contributed by atoms with Gasteiger partial charge in [0.25, 0.3) is 0 Å². The molecule has 1 aliphatic rings. The highest BCUT2D eigenvalue weighted by Crippen LogP contribution is 2.39. The van der Waals surface area contributed by atoms with Crippen molar-refractivity contribution in [2.45, 2.75) is 18.2 Å². The normalized spacial score (nSPS) is 24.2. The topological polar surface area (TPSA) is 58.6 Å². The Morgan fingerprint density at radius 2 is 2.15 bits per heavy atom. The summed E-state index contributed by atoms with van der Waals surface area (Å²) in [5.74, 6) is 0. The second-order valence-corrected chi connectivity index (χ2v) is 7.28. The van der Waals surface area contributed by atoms with Gasteiger partial charge in [0, 0.05) is 13.6 Å². The van der Waals surface area contributed by atoms with E-state index in [0.29, 0.717) is 22.2 Å². The largest absolute Gasteiger partial charge is 0.297 e. The van der Waals surface area contributed by atoms with E-state index in [1.54, 1.807) is 32.2 Å². The van der Waals surface area contributed by atoms with E-state index < -0.39 is 21.3 Å². The van der Waals surface area contributed by atoms with E-state index in [1.165, 1.54) is 5.06 Å². The van der Waals surface area contributed by atoms with E-state index in [1.807, 2.05) is 0 Å². The number of hydroxylamine groups is 2. The molecular weight excluding hydrogens is 323 g/mol. The molecule has 1 aliphatic heterocycles. The molecule has 1 heterocycles. The quantitative estimate of drug-likeness (QED) is 0.914. The molecule has 5 nitrogen and oxygen atoms in total. The van der Waals surface area contributed by atoms with Crippen LogP contribution in [0.15, 0.2) is 18.2 Å². The third kappa shape index (κ3) is 2.95. The number of rotatable bonds is 4. The van der Waals surface area contributed by atoms with Gasteiger partial charge in [-0.15, -0.1) is 0 Å². The molecule has 0 aliphatic carbocycles. The standard InChI is InChI=1S/C12H16Cl2N2O3S/c1-3-15-20(17,18)10-7-19-16(2)12(10)8-5-4-6-9(13)11(8)14/h4-6,10,12,15H,3,7H2,1-2H3. The molecule has 1 fully saturated rings. The Morgan fingerprint density at radius 3 is 2.80 bits per heavy atom. The van der Waals surface area contributed by atoms with Crippen molar-refractivity contribution in [3.63, 3.8) is 0 Å². The minimum atomic E-state index is -3.49. The van der Waals surface area contributed by atoms with Gasteiger partial charge in [0.05, 0.1) is 22.7 Å². The summed E-state index contributed by atoms with van der Waals surface area (Å²) in [6.45, 7) is 2.15. The monoisotopic (exact) mass is 338 g/mol.